The van der Waals surface area contributed by atoms with Gasteiger partial charge in [-0.15, -0.1) is 0 Å². The molecule has 0 atom stereocenters. The van der Waals surface area contributed by atoms with E-state index in [2.05, 4.69) is 34.6 Å². The number of alkyl carbamates (subject to hydrolysis) is 1. The van der Waals surface area contributed by atoms with Gasteiger partial charge in [0.15, 0.2) is 0 Å². The minimum Gasteiger partial charge on any atom is -0.496 e. The standard InChI is InChI=1S/C27H22N2O6/c1-34-24-15-17(12-13-22(24)26(31)32)29-25(30)11-6-14-28-27(33)35-16-23-20-9-4-2-7-18(20)19-8-3-5-10-21(19)23/h2-5,7-10,12-13,15,23H,14,16H2,1H3,(H,28,33)(H,29,30)(H,31,32). The number of amides is 2. The highest BCUT2D eigenvalue weighted by Gasteiger charge is 2.28. The minimum atomic E-state index is -1.14. The molecular weight excluding hydrogens is 448 g/mol. The molecule has 3 aromatic rings. The lowest BCUT2D eigenvalue weighted by Crippen LogP contribution is -2.26. The monoisotopic (exact) mass is 470 g/mol. The molecule has 35 heavy (non-hydrogen) atoms. The van der Waals surface area contributed by atoms with Gasteiger partial charge in [-0.1, -0.05) is 54.5 Å². The number of anilines is 1. The second kappa shape index (κ2) is 10.4. The summed E-state index contributed by atoms with van der Waals surface area (Å²) < 4.78 is 10.4. The van der Waals surface area contributed by atoms with Gasteiger partial charge in [0.2, 0.25) is 0 Å². The highest BCUT2D eigenvalue weighted by molar-refractivity contribution is 6.04. The van der Waals surface area contributed by atoms with Crippen molar-refractivity contribution in [2.75, 3.05) is 25.6 Å². The first-order valence-electron chi connectivity index (χ1n) is 10.8. The number of carbonyl (C=O) groups is 3. The number of nitrogens with one attached hydrogen (secondary N) is 2. The van der Waals surface area contributed by atoms with Crippen LogP contribution in [0.3, 0.4) is 0 Å². The Morgan fingerprint density at radius 2 is 1.63 bits per heavy atom. The Morgan fingerprint density at radius 1 is 0.971 bits per heavy atom. The number of carbonyl (C=O) groups excluding carboxylic acids is 2. The number of ether oxygens (including phenoxy) is 2. The van der Waals surface area contributed by atoms with Crippen LogP contribution < -0.4 is 15.4 Å². The van der Waals surface area contributed by atoms with Crippen LogP contribution in [0.4, 0.5) is 10.5 Å². The van der Waals surface area contributed by atoms with E-state index in [0.717, 1.165) is 22.3 Å². The molecule has 0 fully saturated rings. The van der Waals surface area contributed by atoms with E-state index >= 15 is 0 Å². The maximum Gasteiger partial charge on any atom is 0.407 e. The van der Waals surface area contributed by atoms with E-state index in [4.69, 9.17) is 14.6 Å². The van der Waals surface area contributed by atoms with Gasteiger partial charge in [-0.2, -0.15) is 0 Å². The van der Waals surface area contributed by atoms with Crippen LogP contribution >= 0.6 is 0 Å². The lowest BCUT2D eigenvalue weighted by molar-refractivity contribution is -0.111. The second-order valence-electron chi connectivity index (χ2n) is 7.66. The first-order chi connectivity index (χ1) is 17.0. The molecule has 0 aliphatic heterocycles. The van der Waals surface area contributed by atoms with Gasteiger partial charge in [0.05, 0.1) is 13.7 Å². The van der Waals surface area contributed by atoms with Crippen LogP contribution in [0.5, 0.6) is 5.75 Å². The van der Waals surface area contributed by atoms with Gasteiger partial charge < -0.3 is 25.2 Å². The second-order valence-corrected chi connectivity index (χ2v) is 7.66. The van der Waals surface area contributed by atoms with Gasteiger partial charge in [-0.3, -0.25) is 4.79 Å². The number of rotatable bonds is 6. The van der Waals surface area contributed by atoms with E-state index < -0.39 is 18.0 Å². The Morgan fingerprint density at radius 3 is 2.26 bits per heavy atom. The van der Waals surface area contributed by atoms with Gasteiger partial charge >= 0.3 is 12.1 Å². The third-order valence-corrected chi connectivity index (χ3v) is 5.56. The first kappa shape index (κ1) is 23.4. The van der Waals surface area contributed by atoms with Crippen molar-refractivity contribution in [2.24, 2.45) is 0 Å². The summed E-state index contributed by atoms with van der Waals surface area (Å²) >= 11 is 0. The summed E-state index contributed by atoms with van der Waals surface area (Å²) in [6, 6.07) is 20.2. The summed E-state index contributed by atoms with van der Waals surface area (Å²) in [5.74, 6) is 3.22. The van der Waals surface area contributed by atoms with E-state index in [-0.39, 0.29) is 30.4 Å². The topological polar surface area (TPSA) is 114 Å². The van der Waals surface area contributed by atoms with Crippen molar-refractivity contribution in [1.29, 1.82) is 0 Å². The molecule has 1 aliphatic rings. The number of methoxy groups -OCH3 is 1. The van der Waals surface area contributed by atoms with E-state index in [1.807, 2.05) is 36.4 Å². The number of hydrogen-bond acceptors (Lipinski definition) is 5. The summed E-state index contributed by atoms with van der Waals surface area (Å²) in [6.07, 6.45) is -0.629. The summed E-state index contributed by atoms with van der Waals surface area (Å²) in [4.78, 5) is 35.3. The molecule has 3 N–H and O–H groups in total. The minimum absolute atomic E-state index is 0.0242. The van der Waals surface area contributed by atoms with Crippen molar-refractivity contribution in [3.63, 3.8) is 0 Å². The van der Waals surface area contributed by atoms with E-state index in [9.17, 15) is 14.4 Å². The SMILES string of the molecule is COc1cc(NC(=O)C#CCNC(=O)OCC2c3ccccc3-c3ccccc32)ccc1C(=O)O. The number of benzene rings is 3. The molecule has 0 saturated carbocycles. The third kappa shape index (κ3) is 5.25. The molecule has 1 aliphatic carbocycles. The summed E-state index contributed by atoms with van der Waals surface area (Å²) in [5, 5.41) is 14.1. The smallest absolute Gasteiger partial charge is 0.407 e. The molecule has 0 unspecified atom stereocenters. The van der Waals surface area contributed by atoms with E-state index in [1.54, 1.807) is 0 Å². The van der Waals surface area contributed by atoms with Crippen molar-refractivity contribution in [2.45, 2.75) is 5.92 Å². The number of aromatic carboxylic acids is 1. The molecule has 0 spiro atoms. The lowest BCUT2D eigenvalue weighted by Gasteiger charge is -2.14. The molecule has 8 nitrogen and oxygen atoms in total. The first-order valence-corrected chi connectivity index (χ1v) is 10.8. The van der Waals surface area contributed by atoms with Gasteiger partial charge in [0, 0.05) is 17.7 Å². The molecule has 0 aromatic heterocycles. The number of carboxylic acids is 1. The molecule has 0 saturated heterocycles. The van der Waals surface area contributed by atoms with E-state index in [0.29, 0.717) is 5.69 Å². The van der Waals surface area contributed by atoms with Crippen molar-refractivity contribution in [3.05, 3.63) is 83.4 Å². The fourth-order valence-electron chi connectivity index (χ4n) is 4.00. The van der Waals surface area contributed by atoms with Crippen molar-refractivity contribution < 1.29 is 29.0 Å². The summed E-state index contributed by atoms with van der Waals surface area (Å²) in [5.41, 5.74) is 4.82. The predicted molar refractivity (Wildman–Crippen MR) is 129 cm³/mol. The maximum atomic E-state index is 12.2. The largest absolute Gasteiger partial charge is 0.496 e. The van der Waals surface area contributed by atoms with Crippen LogP contribution in [0.2, 0.25) is 0 Å². The van der Waals surface area contributed by atoms with Crippen LogP contribution in [0.1, 0.15) is 27.4 Å². The van der Waals surface area contributed by atoms with Crippen molar-refractivity contribution in [3.8, 4) is 28.7 Å². The highest BCUT2D eigenvalue weighted by atomic mass is 16.5. The number of hydrogen-bond donors (Lipinski definition) is 3. The average Bonchev–Trinajstić information content (AvgIpc) is 3.19. The van der Waals surface area contributed by atoms with Gasteiger partial charge in [0.25, 0.3) is 5.91 Å². The number of fused-ring (bicyclic) bond motifs is 3. The maximum absolute atomic E-state index is 12.2. The average molecular weight is 470 g/mol. The van der Waals surface area contributed by atoms with Crippen LogP contribution in [-0.4, -0.2) is 43.3 Å². The van der Waals surface area contributed by atoms with Crippen LogP contribution in [0, 0.1) is 11.8 Å². The Labute approximate surface area is 201 Å². The quantitative estimate of drug-likeness (QED) is 0.471. The summed E-state index contributed by atoms with van der Waals surface area (Å²) in [6.45, 7) is 0.104. The van der Waals surface area contributed by atoms with Gasteiger partial charge in [-0.05, 0) is 40.3 Å². The molecule has 0 bridgehead atoms. The van der Waals surface area contributed by atoms with Crippen LogP contribution in [-0.2, 0) is 9.53 Å². The molecule has 0 radical (unpaired) electrons. The number of carboxylic acid groups (broad SMARTS) is 1. The lowest BCUT2D eigenvalue weighted by atomic mass is 9.98. The third-order valence-electron chi connectivity index (χ3n) is 5.56. The van der Waals surface area contributed by atoms with Crippen molar-refractivity contribution in [1.82, 2.24) is 5.32 Å². The zero-order valence-electron chi connectivity index (χ0n) is 18.8. The Balaban J connectivity index is 1.27. The molecule has 4 rings (SSSR count). The molecule has 8 heteroatoms. The normalized spacial score (nSPS) is 11.3. The predicted octanol–water partition coefficient (Wildman–Crippen LogP) is 3.87. The van der Waals surface area contributed by atoms with Crippen molar-refractivity contribution >= 4 is 23.7 Å². The fourth-order valence-corrected chi connectivity index (χ4v) is 4.00. The van der Waals surface area contributed by atoms with E-state index in [1.165, 1.54) is 25.3 Å². The van der Waals surface area contributed by atoms with Crippen LogP contribution in [0.25, 0.3) is 11.1 Å². The Kier molecular flexibility index (Phi) is 6.98. The van der Waals surface area contributed by atoms with Gasteiger partial charge in [0.1, 0.15) is 17.9 Å². The highest BCUT2D eigenvalue weighted by Crippen LogP contribution is 2.44. The molecule has 0 heterocycles. The summed E-state index contributed by atoms with van der Waals surface area (Å²) in [7, 11) is 1.34. The molecule has 3 aromatic carbocycles. The molecule has 176 valence electrons. The molecular formula is C27H22N2O6. The zero-order valence-corrected chi connectivity index (χ0v) is 18.8. The zero-order chi connectivity index (χ0) is 24.8. The van der Waals surface area contributed by atoms with Gasteiger partial charge in [-0.25, -0.2) is 9.59 Å². The molecule has 2 amide bonds. The Bertz CT molecular complexity index is 1310. The Hall–Kier alpha value is -4.77. The fraction of sp³-hybridized carbons (Fsp3) is 0.148. The van der Waals surface area contributed by atoms with Crippen LogP contribution in [0.15, 0.2) is 66.7 Å².